The van der Waals surface area contributed by atoms with Gasteiger partial charge in [0, 0.05) is 11.6 Å². The van der Waals surface area contributed by atoms with Crippen molar-refractivity contribution in [3.63, 3.8) is 0 Å². The summed E-state index contributed by atoms with van der Waals surface area (Å²) in [6.45, 7) is 5.93. The van der Waals surface area contributed by atoms with E-state index in [1.54, 1.807) is 31.4 Å². The summed E-state index contributed by atoms with van der Waals surface area (Å²) in [5.41, 5.74) is 0.710. The van der Waals surface area contributed by atoms with Crippen LogP contribution in [0.15, 0.2) is 24.3 Å². The minimum absolute atomic E-state index is 0.108. The van der Waals surface area contributed by atoms with Gasteiger partial charge in [-0.3, -0.25) is 4.79 Å². The van der Waals surface area contributed by atoms with E-state index >= 15 is 0 Å². The highest BCUT2D eigenvalue weighted by atomic mass is 16.5. The molecule has 0 bridgehead atoms. The van der Waals surface area contributed by atoms with Gasteiger partial charge in [0.25, 0.3) is 0 Å². The van der Waals surface area contributed by atoms with Crippen molar-refractivity contribution < 1.29 is 9.53 Å². The quantitative estimate of drug-likeness (QED) is 0.775. The van der Waals surface area contributed by atoms with E-state index in [0.29, 0.717) is 11.6 Å². The number of rotatable bonds is 5. The molecule has 0 saturated heterocycles. The third-order valence-electron chi connectivity index (χ3n) is 2.35. The van der Waals surface area contributed by atoms with Crippen LogP contribution in [0.3, 0.4) is 0 Å². The number of ketones is 1. The fraction of sp³-hybridized carbons (Fsp3) is 0.462. The molecular weight excluding hydrogens is 202 g/mol. The Kier molecular flexibility index (Phi) is 4.50. The van der Waals surface area contributed by atoms with E-state index in [0.717, 1.165) is 5.75 Å². The maximum atomic E-state index is 12.0. The summed E-state index contributed by atoms with van der Waals surface area (Å²) in [5, 5.41) is 3.19. The molecule has 0 saturated carbocycles. The van der Waals surface area contributed by atoms with Crippen LogP contribution in [0, 0.1) is 0 Å². The molecule has 0 radical (unpaired) electrons. The van der Waals surface area contributed by atoms with Crippen LogP contribution in [0.2, 0.25) is 0 Å². The summed E-state index contributed by atoms with van der Waals surface area (Å²) in [5.74, 6) is 0.873. The molecule has 16 heavy (non-hydrogen) atoms. The minimum atomic E-state index is -0.159. The number of carbonyl (C=O) groups excluding carboxylic acids is 1. The summed E-state index contributed by atoms with van der Waals surface area (Å²) in [7, 11) is 1.61. The second-order valence-electron chi connectivity index (χ2n) is 4.14. The van der Waals surface area contributed by atoms with E-state index in [1.165, 1.54) is 0 Å². The Morgan fingerprint density at radius 3 is 2.19 bits per heavy atom. The number of ether oxygens (including phenoxy) is 1. The van der Waals surface area contributed by atoms with Crippen molar-refractivity contribution in [2.75, 3.05) is 7.11 Å². The Morgan fingerprint density at radius 1 is 1.19 bits per heavy atom. The maximum absolute atomic E-state index is 12.0. The van der Waals surface area contributed by atoms with Crippen molar-refractivity contribution in [2.24, 2.45) is 0 Å². The number of Topliss-reactive ketones (excluding diaryl/α,β-unsaturated/α-hetero) is 1. The highest BCUT2D eigenvalue weighted by Crippen LogP contribution is 2.12. The lowest BCUT2D eigenvalue weighted by Gasteiger charge is -2.15. The Morgan fingerprint density at radius 2 is 1.75 bits per heavy atom. The first kappa shape index (κ1) is 12.7. The van der Waals surface area contributed by atoms with Gasteiger partial charge in [0.05, 0.1) is 13.2 Å². The fourth-order valence-electron chi connectivity index (χ4n) is 1.58. The van der Waals surface area contributed by atoms with Crippen LogP contribution in [0.4, 0.5) is 0 Å². The number of carbonyl (C=O) groups is 1. The van der Waals surface area contributed by atoms with Crippen LogP contribution in [0.25, 0.3) is 0 Å². The summed E-state index contributed by atoms with van der Waals surface area (Å²) >= 11 is 0. The van der Waals surface area contributed by atoms with Crippen molar-refractivity contribution in [3.05, 3.63) is 29.8 Å². The number of hydrogen-bond acceptors (Lipinski definition) is 3. The van der Waals surface area contributed by atoms with Crippen molar-refractivity contribution in [1.29, 1.82) is 0 Å². The van der Waals surface area contributed by atoms with Gasteiger partial charge >= 0.3 is 0 Å². The van der Waals surface area contributed by atoms with Gasteiger partial charge in [-0.05, 0) is 31.2 Å². The van der Waals surface area contributed by atoms with Gasteiger partial charge in [-0.25, -0.2) is 0 Å². The van der Waals surface area contributed by atoms with E-state index in [2.05, 4.69) is 5.32 Å². The average molecular weight is 221 g/mol. The maximum Gasteiger partial charge on any atom is 0.179 e. The molecule has 0 aliphatic rings. The lowest BCUT2D eigenvalue weighted by molar-refractivity contribution is 0.0946. The lowest BCUT2D eigenvalue weighted by Crippen LogP contribution is -2.38. The van der Waals surface area contributed by atoms with Crippen molar-refractivity contribution in [1.82, 2.24) is 5.32 Å². The Hall–Kier alpha value is -1.35. The first-order valence-electron chi connectivity index (χ1n) is 5.49. The molecule has 0 fully saturated rings. The molecule has 1 rings (SSSR count). The molecular formula is C13H19NO2. The van der Waals surface area contributed by atoms with E-state index in [1.807, 2.05) is 20.8 Å². The minimum Gasteiger partial charge on any atom is -0.497 e. The SMILES string of the molecule is COc1ccc(C(=O)C(C)NC(C)C)cc1. The van der Waals surface area contributed by atoms with Crippen molar-refractivity contribution >= 4 is 5.78 Å². The van der Waals surface area contributed by atoms with E-state index in [9.17, 15) is 4.79 Å². The van der Waals surface area contributed by atoms with Crippen LogP contribution in [0.1, 0.15) is 31.1 Å². The molecule has 0 aliphatic heterocycles. The predicted molar refractivity (Wildman–Crippen MR) is 65.1 cm³/mol. The molecule has 1 N–H and O–H groups in total. The predicted octanol–water partition coefficient (Wildman–Crippen LogP) is 2.26. The summed E-state index contributed by atoms with van der Waals surface area (Å²) in [6.07, 6.45) is 0. The second kappa shape index (κ2) is 5.66. The van der Waals surface area contributed by atoms with Crippen LogP contribution in [-0.4, -0.2) is 25.0 Å². The van der Waals surface area contributed by atoms with Gasteiger partial charge in [0.2, 0.25) is 0 Å². The molecule has 88 valence electrons. The zero-order valence-electron chi connectivity index (χ0n) is 10.3. The fourth-order valence-corrected chi connectivity index (χ4v) is 1.58. The van der Waals surface area contributed by atoms with Gasteiger partial charge < -0.3 is 10.1 Å². The smallest absolute Gasteiger partial charge is 0.179 e. The van der Waals surface area contributed by atoms with Gasteiger partial charge in [0.15, 0.2) is 5.78 Å². The van der Waals surface area contributed by atoms with E-state index in [-0.39, 0.29) is 11.8 Å². The third kappa shape index (κ3) is 3.35. The Bertz CT molecular complexity index is 343. The molecule has 1 aromatic carbocycles. The molecule has 1 aromatic rings. The molecule has 1 unspecified atom stereocenters. The number of hydrogen-bond donors (Lipinski definition) is 1. The number of nitrogens with one attached hydrogen (secondary N) is 1. The van der Waals surface area contributed by atoms with Gasteiger partial charge in [-0.15, -0.1) is 0 Å². The first-order valence-corrected chi connectivity index (χ1v) is 5.49. The third-order valence-corrected chi connectivity index (χ3v) is 2.35. The first-order chi connectivity index (χ1) is 7.54. The molecule has 0 spiro atoms. The Labute approximate surface area is 96.8 Å². The van der Waals surface area contributed by atoms with Crippen LogP contribution >= 0.6 is 0 Å². The lowest BCUT2D eigenvalue weighted by atomic mass is 10.0. The normalized spacial score (nSPS) is 12.6. The van der Waals surface area contributed by atoms with E-state index in [4.69, 9.17) is 4.74 Å². The van der Waals surface area contributed by atoms with Gasteiger partial charge in [-0.1, -0.05) is 13.8 Å². The zero-order chi connectivity index (χ0) is 12.1. The van der Waals surface area contributed by atoms with Crippen LogP contribution < -0.4 is 10.1 Å². The summed E-state index contributed by atoms with van der Waals surface area (Å²) < 4.78 is 5.05. The largest absolute Gasteiger partial charge is 0.497 e. The monoisotopic (exact) mass is 221 g/mol. The van der Waals surface area contributed by atoms with Crippen LogP contribution in [-0.2, 0) is 0 Å². The van der Waals surface area contributed by atoms with Gasteiger partial charge in [-0.2, -0.15) is 0 Å². The van der Waals surface area contributed by atoms with E-state index < -0.39 is 0 Å². The van der Waals surface area contributed by atoms with Crippen molar-refractivity contribution in [2.45, 2.75) is 32.9 Å². The molecule has 3 nitrogen and oxygen atoms in total. The number of methoxy groups -OCH3 is 1. The van der Waals surface area contributed by atoms with Crippen molar-refractivity contribution in [3.8, 4) is 5.75 Å². The van der Waals surface area contributed by atoms with Crippen LogP contribution in [0.5, 0.6) is 5.75 Å². The molecule has 3 heteroatoms. The second-order valence-corrected chi connectivity index (χ2v) is 4.14. The summed E-state index contributed by atoms with van der Waals surface area (Å²) in [4.78, 5) is 12.0. The standard InChI is InChI=1S/C13H19NO2/c1-9(2)14-10(3)13(15)11-5-7-12(16-4)8-6-11/h5-10,14H,1-4H3. The zero-order valence-corrected chi connectivity index (χ0v) is 10.3. The molecule has 0 heterocycles. The molecule has 0 amide bonds. The Balaban J connectivity index is 2.72. The number of benzene rings is 1. The molecule has 0 aliphatic carbocycles. The summed E-state index contributed by atoms with van der Waals surface area (Å²) in [6, 6.07) is 7.33. The topological polar surface area (TPSA) is 38.3 Å². The highest BCUT2D eigenvalue weighted by Gasteiger charge is 2.15. The molecule has 0 aromatic heterocycles. The van der Waals surface area contributed by atoms with Gasteiger partial charge in [0.1, 0.15) is 5.75 Å². The molecule has 1 atom stereocenters. The highest BCUT2D eigenvalue weighted by molar-refractivity contribution is 5.99. The average Bonchev–Trinajstić information content (AvgIpc) is 2.27.